The largest absolute Gasteiger partial charge is 0.477 e. The summed E-state index contributed by atoms with van der Waals surface area (Å²) in [6.45, 7) is 2.31. The SMILES string of the molecule is Cc1cc(C(=O)O)nc(N(C)Cc2cccnc2)n1. The number of rotatable bonds is 4. The van der Waals surface area contributed by atoms with Crippen LogP contribution in [0.1, 0.15) is 21.7 Å². The topological polar surface area (TPSA) is 79.2 Å². The van der Waals surface area contributed by atoms with Crippen LogP contribution < -0.4 is 4.90 Å². The number of aromatic carboxylic acids is 1. The van der Waals surface area contributed by atoms with Crippen LogP contribution in [0.3, 0.4) is 0 Å². The van der Waals surface area contributed by atoms with Gasteiger partial charge in [0.25, 0.3) is 0 Å². The van der Waals surface area contributed by atoms with Gasteiger partial charge in [0.2, 0.25) is 5.95 Å². The summed E-state index contributed by atoms with van der Waals surface area (Å²) in [6.07, 6.45) is 3.46. The summed E-state index contributed by atoms with van der Waals surface area (Å²) in [7, 11) is 1.81. The molecular formula is C13H14N4O2. The van der Waals surface area contributed by atoms with Gasteiger partial charge in [-0.2, -0.15) is 0 Å². The zero-order valence-electron chi connectivity index (χ0n) is 10.7. The summed E-state index contributed by atoms with van der Waals surface area (Å²) in [5.74, 6) is -0.664. The van der Waals surface area contributed by atoms with Crippen LogP contribution in [-0.2, 0) is 6.54 Å². The van der Waals surface area contributed by atoms with Crippen molar-refractivity contribution in [2.75, 3.05) is 11.9 Å². The van der Waals surface area contributed by atoms with Crippen molar-refractivity contribution >= 4 is 11.9 Å². The molecule has 98 valence electrons. The highest BCUT2D eigenvalue weighted by Gasteiger charge is 2.12. The lowest BCUT2D eigenvalue weighted by Crippen LogP contribution is -2.20. The molecule has 0 bridgehead atoms. The summed E-state index contributed by atoms with van der Waals surface area (Å²) in [6, 6.07) is 5.24. The highest BCUT2D eigenvalue weighted by molar-refractivity contribution is 5.85. The first-order valence-corrected chi connectivity index (χ1v) is 5.75. The van der Waals surface area contributed by atoms with Crippen LogP contribution in [0.5, 0.6) is 0 Å². The zero-order chi connectivity index (χ0) is 13.8. The normalized spacial score (nSPS) is 10.2. The minimum absolute atomic E-state index is 0.000497. The third-order valence-electron chi connectivity index (χ3n) is 2.55. The number of carboxylic acids is 1. The molecule has 2 aromatic heterocycles. The number of carboxylic acid groups (broad SMARTS) is 1. The first-order chi connectivity index (χ1) is 9.06. The van der Waals surface area contributed by atoms with Crippen molar-refractivity contribution in [2.45, 2.75) is 13.5 Å². The Labute approximate surface area is 110 Å². The molecule has 6 heteroatoms. The maximum Gasteiger partial charge on any atom is 0.354 e. The molecular weight excluding hydrogens is 244 g/mol. The van der Waals surface area contributed by atoms with E-state index in [9.17, 15) is 4.79 Å². The molecule has 0 radical (unpaired) electrons. The van der Waals surface area contributed by atoms with E-state index >= 15 is 0 Å². The molecule has 0 atom stereocenters. The average Bonchev–Trinajstić information content (AvgIpc) is 2.39. The monoisotopic (exact) mass is 258 g/mol. The van der Waals surface area contributed by atoms with Crippen molar-refractivity contribution in [3.8, 4) is 0 Å². The fourth-order valence-electron chi connectivity index (χ4n) is 1.67. The number of carbonyl (C=O) groups is 1. The quantitative estimate of drug-likeness (QED) is 0.895. The van der Waals surface area contributed by atoms with E-state index in [2.05, 4.69) is 15.0 Å². The Kier molecular flexibility index (Phi) is 3.70. The molecule has 0 spiro atoms. The number of aromatic nitrogens is 3. The van der Waals surface area contributed by atoms with Gasteiger partial charge in [0.1, 0.15) is 0 Å². The van der Waals surface area contributed by atoms with Crippen LogP contribution in [0.4, 0.5) is 5.95 Å². The second-order valence-corrected chi connectivity index (χ2v) is 4.22. The van der Waals surface area contributed by atoms with E-state index in [1.165, 1.54) is 6.07 Å². The Bertz CT molecular complexity index is 586. The lowest BCUT2D eigenvalue weighted by atomic mass is 10.3. The van der Waals surface area contributed by atoms with E-state index in [4.69, 9.17) is 5.11 Å². The average molecular weight is 258 g/mol. The van der Waals surface area contributed by atoms with Crippen LogP contribution in [0, 0.1) is 6.92 Å². The van der Waals surface area contributed by atoms with Gasteiger partial charge in [0.15, 0.2) is 5.69 Å². The third kappa shape index (κ3) is 3.25. The van der Waals surface area contributed by atoms with Crippen molar-refractivity contribution < 1.29 is 9.90 Å². The van der Waals surface area contributed by atoms with E-state index in [1.807, 2.05) is 19.2 Å². The number of hydrogen-bond acceptors (Lipinski definition) is 5. The fraction of sp³-hybridized carbons (Fsp3) is 0.231. The van der Waals surface area contributed by atoms with Gasteiger partial charge in [-0.25, -0.2) is 14.8 Å². The van der Waals surface area contributed by atoms with E-state index in [1.54, 1.807) is 24.2 Å². The first kappa shape index (κ1) is 12.9. The van der Waals surface area contributed by atoms with Crippen LogP contribution in [0.25, 0.3) is 0 Å². The molecule has 2 heterocycles. The van der Waals surface area contributed by atoms with Gasteiger partial charge < -0.3 is 10.0 Å². The number of anilines is 1. The second-order valence-electron chi connectivity index (χ2n) is 4.22. The highest BCUT2D eigenvalue weighted by atomic mass is 16.4. The Morgan fingerprint density at radius 1 is 1.42 bits per heavy atom. The molecule has 0 fully saturated rings. The molecule has 2 rings (SSSR count). The van der Waals surface area contributed by atoms with Gasteiger partial charge in [0.05, 0.1) is 0 Å². The molecule has 0 saturated heterocycles. The summed E-state index contributed by atoms with van der Waals surface area (Å²) >= 11 is 0. The minimum atomic E-state index is -1.05. The van der Waals surface area contributed by atoms with Crippen molar-refractivity contribution in [1.82, 2.24) is 15.0 Å². The van der Waals surface area contributed by atoms with Crippen LogP contribution in [-0.4, -0.2) is 33.1 Å². The Morgan fingerprint density at radius 3 is 2.84 bits per heavy atom. The van der Waals surface area contributed by atoms with Crippen LogP contribution in [0.2, 0.25) is 0 Å². The summed E-state index contributed by atoms with van der Waals surface area (Å²) in [5, 5.41) is 8.99. The Hall–Kier alpha value is -2.50. The Balaban J connectivity index is 2.24. The van der Waals surface area contributed by atoms with E-state index in [0.717, 1.165) is 5.56 Å². The molecule has 6 nitrogen and oxygen atoms in total. The third-order valence-corrected chi connectivity index (χ3v) is 2.55. The van der Waals surface area contributed by atoms with E-state index < -0.39 is 5.97 Å². The summed E-state index contributed by atoms with van der Waals surface area (Å²) < 4.78 is 0. The maximum atomic E-state index is 11.0. The highest BCUT2D eigenvalue weighted by Crippen LogP contribution is 2.12. The lowest BCUT2D eigenvalue weighted by Gasteiger charge is -2.17. The van der Waals surface area contributed by atoms with Crippen LogP contribution >= 0.6 is 0 Å². The first-order valence-electron chi connectivity index (χ1n) is 5.75. The van der Waals surface area contributed by atoms with Gasteiger partial charge >= 0.3 is 5.97 Å². The molecule has 2 aromatic rings. The predicted molar refractivity (Wildman–Crippen MR) is 70.1 cm³/mol. The number of pyridine rings is 1. The van der Waals surface area contributed by atoms with Crippen molar-refractivity contribution in [3.63, 3.8) is 0 Å². The van der Waals surface area contributed by atoms with Crippen LogP contribution in [0.15, 0.2) is 30.6 Å². The zero-order valence-corrected chi connectivity index (χ0v) is 10.7. The van der Waals surface area contributed by atoms with E-state index in [-0.39, 0.29) is 5.69 Å². The minimum Gasteiger partial charge on any atom is -0.477 e. The molecule has 0 aliphatic carbocycles. The van der Waals surface area contributed by atoms with Crippen molar-refractivity contribution in [3.05, 3.63) is 47.5 Å². The van der Waals surface area contributed by atoms with Gasteiger partial charge in [-0.05, 0) is 24.6 Å². The molecule has 0 aromatic carbocycles. The molecule has 1 N–H and O–H groups in total. The second kappa shape index (κ2) is 5.43. The predicted octanol–water partition coefficient (Wildman–Crippen LogP) is 1.51. The van der Waals surface area contributed by atoms with Crippen molar-refractivity contribution in [2.24, 2.45) is 0 Å². The molecule has 0 amide bonds. The summed E-state index contributed by atoms with van der Waals surface area (Å²) in [4.78, 5) is 25.1. The smallest absolute Gasteiger partial charge is 0.354 e. The molecule has 0 aliphatic rings. The molecule has 0 unspecified atom stereocenters. The van der Waals surface area contributed by atoms with Gasteiger partial charge in [-0.15, -0.1) is 0 Å². The molecule has 0 aliphatic heterocycles. The maximum absolute atomic E-state index is 11.0. The Morgan fingerprint density at radius 2 is 2.21 bits per heavy atom. The lowest BCUT2D eigenvalue weighted by molar-refractivity contribution is 0.0690. The van der Waals surface area contributed by atoms with Gasteiger partial charge in [0, 0.05) is 31.7 Å². The number of aryl methyl sites for hydroxylation is 1. The molecule has 0 saturated carbocycles. The summed E-state index contributed by atoms with van der Waals surface area (Å²) in [5.41, 5.74) is 1.63. The number of nitrogens with zero attached hydrogens (tertiary/aromatic N) is 4. The van der Waals surface area contributed by atoms with Crippen molar-refractivity contribution in [1.29, 1.82) is 0 Å². The standard InChI is InChI=1S/C13H14N4O2/c1-9-6-11(12(18)19)16-13(15-9)17(2)8-10-4-3-5-14-7-10/h3-7H,8H2,1-2H3,(H,18,19). The molecule has 19 heavy (non-hydrogen) atoms. The van der Waals surface area contributed by atoms with Gasteiger partial charge in [-0.3, -0.25) is 4.98 Å². The van der Waals surface area contributed by atoms with Gasteiger partial charge in [-0.1, -0.05) is 6.07 Å². The number of hydrogen-bond donors (Lipinski definition) is 1. The fourth-order valence-corrected chi connectivity index (χ4v) is 1.67. The van der Waals surface area contributed by atoms with E-state index in [0.29, 0.717) is 18.2 Å².